The third-order valence-corrected chi connectivity index (χ3v) is 3.97. The van der Waals surface area contributed by atoms with Gasteiger partial charge in [-0.15, -0.1) is 0 Å². The van der Waals surface area contributed by atoms with Gasteiger partial charge < -0.3 is 5.11 Å². The average molecular weight is 299 g/mol. The van der Waals surface area contributed by atoms with Crippen molar-refractivity contribution in [1.82, 2.24) is 0 Å². The highest BCUT2D eigenvalue weighted by Crippen LogP contribution is 2.20. The lowest BCUT2D eigenvalue weighted by atomic mass is 10.2. The highest BCUT2D eigenvalue weighted by Gasteiger charge is 2.16. The van der Waals surface area contributed by atoms with Gasteiger partial charge in [0.15, 0.2) is 0 Å². The van der Waals surface area contributed by atoms with Gasteiger partial charge in [-0.25, -0.2) is 17.2 Å². The zero-order valence-corrected chi connectivity index (χ0v) is 11.0. The standard InChI is InChI=1S/C13H11F2NO3S/c14-10-3-6-13(12(15)7-10)16-20(18,19)11-4-1-9(8-17)2-5-11/h1-7,16-17H,8H2. The molecule has 2 aromatic rings. The van der Waals surface area contributed by atoms with Crippen molar-refractivity contribution in [1.29, 1.82) is 0 Å². The molecule has 0 aliphatic carbocycles. The van der Waals surface area contributed by atoms with Crippen LogP contribution in [0, 0.1) is 11.6 Å². The second-order valence-electron chi connectivity index (χ2n) is 4.03. The molecule has 0 spiro atoms. The van der Waals surface area contributed by atoms with Crippen molar-refractivity contribution in [3.8, 4) is 0 Å². The number of benzene rings is 2. The summed E-state index contributed by atoms with van der Waals surface area (Å²) in [5.74, 6) is -1.79. The summed E-state index contributed by atoms with van der Waals surface area (Å²) in [6.45, 7) is -0.208. The molecule has 0 aromatic heterocycles. The van der Waals surface area contributed by atoms with Crippen LogP contribution in [0.15, 0.2) is 47.4 Å². The third-order valence-electron chi connectivity index (χ3n) is 2.59. The summed E-state index contributed by atoms with van der Waals surface area (Å²) >= 11 is 0. The van der Waals surface area contributed by atoms with E-state index in [1.165, 1.54) is 24.3 Å². The van der Waals surface area contributed by atoms with Crippen LogP contribution < -0.4 is 4.72 Å². The minimum Gasteiger partial charge on any atom is -0.392 e. The van der Waals surface area contributed by atoms with E-state index in [4.69, 9.17) is 5.11 Å². The van der Waals surface area contributed by atoms with Crippen molar-refractivity contribution in [3.05, 3.63) is 59.7 Å². The number of hydrogen-bond donors (Lipinski definition) is 2. The smallest absolute Gasteiger partial charge is 0.261 e. The van der Waals surface area contributed by atoms with Crippen LogP contribution in [0.1, 0.15) is 5.56 Å². The summed E-state index contributed by atoms with van der Waals surface area (Å²) < 4.78 is 52.2. The Hall–Kier alpha value is -1.99. The van der Waals surface area contributed by atoms with Gasteiger partial charge in [-0.05, 0) is 29.8 Å². The molecule has 2 aromatic carbocycles. The molecule has 0 heterocycles. The lowest BCUT2D eigenvalue weighted by Crippen LogP contribution is -2.14. The van der Waals surface area contributed by atoms with E-state index in [9.17, 15) is 17.2 Å². The number of aliphatic hydroxyl groups is 1. The fraction of sp³-hybridized carbons (Fsp3) is 0.0769. The lowest BCUT2D eigenvalue weighted by molar-refractivity contribution is 0.282. The van der Waals surface area contributed by atoms with Crippen molar-refractivity contribution < 1.29 is 22.3 Å². The van der Waals surface area contributed by atoms with Crippen molar-refractivity contribution in [3.63, 3.8) is 0 Å². The largest absolute Gasteiger partial charge is 0.392 e. The Bertz CT molecular complexity index is 715. The predicted octanol–water partition coefficient (Wildman–Crippen LogP) is 2.26. The maximum atomic E-state index is 13.4. The molecule has 0 bridgehead atoms. The molecule has 0 radical (unpaired) electrons. The van der Waals surface area contributed by atoms with Crippen LogP contribution in [0.3, 0.4) is 0 Å². The fourth-order valence-electron chi connectivity index (χ4n) is 1.55. The highest BCUT2D eigenvalue weighted by atomic mass is 32.2. The van der Waals surface area contributed by atoms with Gasteiger partial charge in [-0.1, -0.05) is 12.1 Å². The van der Waals surface area contributed by atoms with E-state index in [-0.39, 0.29) is 17.2 Å². The molecule has 0 fully saturated rings. The van der Waals surface area contributed by atoms with Crippen molar-refractivity contribution in [2.24, 2.45) is 0 Å². The summed E-state index contributed by atoms with van der Waals surface area (Å²) in [4.78, 5) is -0.0848. The van der Waals surface area contributed by atoms with Crippen LogP contribution in [0.25, 0.3) is 0 Å². The van der Waals surface area contributed by atoms with Crippen molar-refractivity contribution in [2.75, 3.05) is 4.72 Å². The van der Waals surface area contributed by atoms with Crippen LogP contribution in [0.2, 0.25) is 0 Å². The average Bonchev–Trinajstić information content (AvgIpc) is 2.42. The Morgan fingerprint density at radius 2 is 1.70 bits per heavy atom. The van der Waals surface area contributed by atoms with Gasteiger partial charge in [-0.2, -0.15) is 0 Å². The first kappa shape index (κ1) is 14.4. The molecule has 0 saturated heterocycles. The number of anilines is 1. The number of nitrogens with one attached hydrogen (secondary N) is 1. The topological polar surface area (TPSA) is 66.4 Å². The molecule has 20 heavy (non-hydrogen) atoms. The van der Waals surface area contributed by atoms with E-state index in [1.54, 1.807) is 0 Å². The molecule has 106 valence electrons. The number of sulfonamides is 1. The molecular formula is C13H11F2NO3S. The first-order valence-electron chi connectivity index (χ1n) is 5.60. The van der Waals surface area contributed by atoms with Crippen LogP contribution >= 0.6 is 0 Å². The van der Waals surface area contributed by atoms with E-state index in [1.807, 2.05) is 4.72 Å². The normalized spacial score (nSPS) is 11.3. The van der Waals surface area contributed by atoms with Crippen LogP contribution in [-0.2, 0) is 16.6 Å². The van der Waals surface area contributed by atoms with E-state index in [0.29, 0.717) is 11.6 Å². The second kappa shape index (κ2) is 5.56. The molecular weight excluding hydrogens is 288 g/mol. The molecule has 2 rings (SSSR count). The molecule has 0 saturated carbocycles. The molecule has 0 aliphatic heterocycles. The minimum atomic E-state index is -3.97. The maximum absolute atomic E-state index is 13.4. The Labute approximate surface area is 114 Å². The van der Waals surface area contributed by atoms with Gasteiger partial charge in [-0.3, -0.25) is 4.72 Å². The predicted molar refractivity (Wildman–Crippen MR) is 69.5 cm³/mol. The molecule has 4 nitrogen and oxygen atoms in total. The SMILES string of the molecule is O=S(=O)(Nc1ccc(F)cc1F)c1ccc(CO)cc1. The Morgan fingerprint density at radius 1 is 1.05 bits per heavy atom. The molecule has 0 atom stereocenters. The first-order valence-corrected chi connectivity index (χ1v) is 7.08. The van der Waals surface area contributed by atoms with Crippen molar-refractivity contribution >= 4 is 15.7 Å². The molecule has 0 unspecified atom stereocenters. The van der Waals surface area contributed by atoms with Gasteiger partial charge in [0, 0.05) is 6.07 Å². The minimum absolute atomic E-state index is 0.0848. The van der Waals surface area contributed by atoms with E-state index in [2.05, 4.69) is 0 Å². The number of halogens is 2. The van der Waals surface area contributed by atoms with Crippen LogP contribution in [0.4, 0.5) is 14.5 Å². The molecule has 2 N–H and O–H groups in total. The van der Waals surface area contributed by atoms with Gasteiger partial charge in [0.1, 0.15) is 11.6 Å². The zero-order chi connectivity index (χ0) is 14.8. The Kier molecular flexibility index (Phi) is 4.01. The maximum Gasteiger partial charge on any atom is 0.261 e. The van der Waals surface area contributed by atoms with Gasteiger partial charge in [0.2, 0.25) is 0 Å². The number of rotatable bonds is 4. The lowest BCUT2D eigenvalue weighted by Gasteiger charge is -2.09. The van der Waals surface area contributed by atoms with E-state index >= 15 is 0 Å². The molecule has 7 heteroatoms. The zero-order valence-electron chi connectivity index (χ0n) is 10.2. The number of aliphatic hydroxyl groups excluding tert-OH is 1. The van der Waals surface area contributed by atoms with Gasteiger partial charge in [0.25, 0.3) is 10.0 Å². The van der Waals surface area contributed by atoms with E-state index in [0.717, 1.165) is 12.1 Å². The molecule has 0 aliphatic rings. The summed E-state index contributed by atoms with van der Waals surface area (Å²) in [6, 6.07) is 8.00. The summed E-state index contributed by atoms with van der Waals surface area (Å²) in [6.07, 6.45) is 0. The van der Waals surface area contributed by atoms with Crippen LogP contribution in [0.5, 0.6) is 0 Å². The van der Waals surface area contributed by atoms with Gasteiger partial charge >= 0.3 is 0 Å². The monoisotopic (exact) mass is 299 g/mol. The number of hydrogen-bond acceptors (Lipinski definition) is 3. The molecule has 0 amide bonds. The summed E-state index contributed by atoms with van der Waals surface area (Å²) in [5, 5.41) is 8.88. The third kappa shape index (κ3) is 3.12. The summed E-state index contributed by atoms with van der Waals surface area (Å²) in [7, 11) is -3.97. The van der Waals surface area contributed by atoms with Crippen molar-refractivity contribution in [2.45, 2.75) is 11.5 Å². The van der Waals surface area contributed by atoms with E-state index < -0.39 is 21.7 Å². The Balaban J connectivity index is 2.30. The quantitative estimate of drug-likeness (QED) is 0.910. The van der Waals surface area contributed by atoms with Gasteiger partial charge in [0.05, 0.1) is 17.2 Å². The summed E-state index contributed by atoms with van der Waals surface area (Å²) in [5.41, 5.74) is 0.217. The fourth-order valence-corrected chi connectivity index (χ4v) is 2.62. The Morgan fingerprint density at radius 3 is 2.25 bits per heavy atom. The van der Waals surface area contributed by atoms with Crippen LogP contribution in [-0.4, -0.2) is 13.5 Å². The second-order valence-corrected chi connectivity index (χ2v) is 5.71. The highest BCUT2D eigenvalue weighted by molar-refractivity contribution is 7.92. The first-order chi connectivity index (χ1) is 9.42.